The number of aliphatic hydroxyl groups is 1. The number of aliphatic hydroxyl groups excluding tert-OH is 1. The van der Waals surface area contributed by atoms with Gasteiger partial charge in [0.1, 0.15) is 5.60 Å². The van der Waals surface area contributed by atoms with Gasteiger partial charge in [-0.15, -0.1) is 0 Å². The first-order chi connectivity index (χ1) is 12.2. The van der Waals surface area contributed by atoms with E-state index >= 15 is 0 Å². The molecule has 2 atom stereocenters. The molecule has 4 rings (SSSR count). The van der Waals surface area contributed by atoms with Gasteiger partial charge in [-0.25, -0.2) is 0 Å². The molecule has 0 aliphatic carbocycles. The molecule has 0 bridgehead atoms. The van der Waals surface area contributed by atoms with Crippen LogP contribution >= 0.6 is 0 Å². The molecule has 0 radical (unpaired) electrons. The summed E-state index contributed by atoms with van der Waals surface area (Å²) in [5.74, 6) is 0.239. The second-order valence-electron chi connectivity index (χ2n) is 7.35. The van der Waals surface area contributed by atoms with Gasteiger partial charge in [0.25, 0.3) is 0 Å². The molecular formula is C20H28N2O3. The third-order valence-corrected chi connectivity index (χ3v) is 5.90. The minimum atomic E-state index is -0.395. The van der Waals surface area contributed by atoms with Crippen molar-refractivity contribution in [3.8, 4) is 0 Å². The van der Waals surface area contributed by atoms with E-state index in [2.05, 4.69) is 41.1 Å². The molecule has 0 saturated carbocycles. The summed E-state index contributed by atoms with van der Waals surface area (Å²) in [4.78, 5) is 6.07. The Balaban J connectivity index is 1.69. The molecule has 2 aliphatic heterocycles. The van der Waals surface area contributed by atoms with Crippen molar-refractivity contribution in [3.63, 3.8) is 0 Å². The number of hydrogen-bond acceptors (Lipinski definition) is 4. The van der Waals surface area contributed by atoms with Gasteiger partial charge in [0.15, 0.2) is 0 Å². The van der Waals surface area contributed by atoms with Crippen LogP contribution in [0.3, 0.4) is 0 Å². The number of H-pyrrole nitrogens is 1. The van der Waals surface area contributed by atoms with Crippen molar-refractivity contribution in [2.45, 2.75) is 25.4 Å². The van der Waals surface area contributed by atoms with Gasteiger partial charge in [-0.3, -0.25) is 4.90 Å². The molecule has 2 unspecified atom stereocenters. The quantitative estimate of drug-likeness (QED) is 0.874. The molecule has 2 N–H and O–H groups in total. The van der Waals surface area contributed by atoms with E-state index in [0.29, 0.717) is 0 Å². The predicted octanol–water partition coefficient (Wildman–Crippen LogP) is 2.29. The lowest BCUT2D eigenvalue weighted by molar-refractivity contribution is -0.108. The van der Waals surface area contributed by atoms with Gasteiger partial charge in [0, 0.05) is 43.1 Å². The van der Waals surface area contributed by atoms with Crippen molar-refractivity contribution >= 4 is 10.9 Å². The van der Waals surface area contributed by atoms with Gasteiger partial charge in [0.2, 0.25) is 0 Å². The second-order valence-corrected chi connectivity index (χ2v) is 7.35. The van der Waals surface area contributed by atoms with Crippen LogP contribution in [0.4, 0.5) is 0 Å². The number of hydrogen-bond donors (Lipinski definition) is 2. The van der Waals surface area contributed by atoms with Crippen LogP contribution in [0.1, 0.15) is 24.6 Å². The van der Waals surface area contributed by atoms with Crippen LogP contribution in [0, 0.1) is 5.92 Å². The fourth-order valence-corrected chi connectivity index (χ4v) is 4.43. The van der Waals surface area contributed by atoms with E-state index < -0.39 is 5.60 Å². The standard InChI is InChI=1S/C20H28N2O3/c1-20(15(6-10-23)14-22-8-12-24-13-9-22)19-17(7-11-25-20)16-4-2-3-5-18(16)21-19/h2-5,15,21,23H,6-14H2,1H3. The van der Waals surface area contributed by atoms with Crippen molar-refractivity contribution in [1.82, 2.24) is 9.88 Å². The van der Waals surface area contributed by atoms with Crippen molar-refractivity contribution < 1.29 is 14.6 Å². The SMILES string of the molecule is CC1(C(CCO)CN2CCOCC2)OCCc2c1[nH]c1ccccc21. The molecule has 5 nitrogen and oxygen atoms in total. The summed E-state index contributed by atoms with van der Waals surface area (Å²) in [7, 11) is 0. The maximum atomic E-state index is 9.69. The van der Waals surface area contributed by atoms with Crippen LogP contribution in [0.15, 0.2) is 24.3 Å². The predicted molar refractivity (Wildman–Crippen MR) is 97.8 cm³/mol. The number of morpholine rings is 1. The average Bonchev–Trinajstić information content (AvgIpc) is 3.03. The number of fused-ring (bicyclic) bond motifs is 3. The van der Waals surface area contributed by atoms with Crippen molar-refractivity contribution in [2.75, 3.05) is 46.1 Å². The Labute approximate surface area is 148 Å². The number of nitrogens with one attached hydrogen (secondary N) is 1. The highest BCUT2D eigenvalue weighted by atomic mass is 16.5. The summed E-state index contributed by atoms with van der Waals surface area (Å²) in [6.45, 7) is 7.54. The van der Waals surface area contributed by atoms with E-state index in [1.54, 1.807) is 0 Å². The fourth-order valence-electron chi connectivity index (χ4n) is 4.43. The van der Waals surface area contributed by atoms with Crippen LogP contribution in [-0.2, 0) is 21.5 Å². The Kier molecular flexibility index (Phi) is 4.82. The number of para-hydroxylation sites is 1. The zero-order valence-corrected chi connectivity index (χ0v) is 15.0. The number of aromatic amines is 1. The highest BCUT2D eigenvalue weighted by Crippen LogP contribution is 2.43. The lowest BCUT2D eigenvalue weighted by atomic mass is 9.79. The van der Waals surface area contributed by atoms with Crippen LogP contribution in [-0.4, -0.2) is 61.1 Å². The van der Waals surface area contributed by atoms with E-state index in [0.717, 1.165) is 52.3 Å². The number of benzene rings is 1. The molecule has 1 aromatic carbocycles. The Hall–Kier alpha value is -1.40. The monoisotopic (exact) mass is 344 g/mol. The summed E-state index contributed by atoms with van der Waals surface area (Å²) in [6.07, 6.45) is 1.68. The fraction of sp³-hybridized carbons (Fsp3) is 0.600. The maximum Gasteiger partial charge on any atom is 0.109 e. The van der Waals surface area contributed by atoms with Gasteiger partial charge in [-0.05, 0) is 31.4 Å². The molecule has 2 aromatic rings. The van der Waals surface area contributed by atoms with Crippen molar-refractivity contribution in [3.05, 3.63) is 35.5 Å². The molecule has 3 heterocycles. The number of aromatic nitrogens is 1. The average molecular weight is 344 g/mol. The van der Waals surface area contributed by atoms with E-state index in [9.17, 15) is 5.11 Å². The maximum absolute atomic E-state index is 9.69. The molecule has 5 heteroatoms. The third kappa shape index (κ3) is 3.10. The van der Waals surface area contributed by atoms with Gasteiger partial charge in [-0.2, -0.15) is 0 Å². The lowest BCUT2D eigenvalue weighted by Gasteiger charge is -2.43. The molecule has 2 aliphatic rings. The lowest BCUT2D eigenvalue weighted by Crippen LogP contribution is -2.48. The van der Waals surface area contributed by atoms with Gasteiger partial charge in [0.05, 0.1) is 25.5 Å². The zero-order valence-electron chi connectivity index (χ0n) is 15.0. The minimum Gasteiger partial charge on any atom is -0.396 e. The minimum absolute atomic E-state index is 0.184. The molecule has 1 fully saturated rings. The van der Waals surface area contributed by atoms with E-state index in [1.165, 1.54) is 22.2 Å². The van der Waals surface area contributed by atoms with Crippen molar-refractivity contribution in [2.24, 2.45) is 5.92 Å². The van der Waals surface area contributed by atoms with Crippen molar-refractivity contribution in [1.29, 1.82) is 0 Å². The Morgan fingerprint density at radius 2 is 2.04 bits per heavy atom. The smallest absolute Gasteiger partial charge is 0.109 e. The summed E-state index contributed by atoms with van der Waals surface area (Å²) in [5, 5.41) is 11.0. The molecule has 1 aromatic heterocycles. The topological polar surface area (TPSA) is 57.7 Å². The van der Waals surface area contributed by atoms with Crippen LogP contribution < -0.4 is 0 Å². The summed E-state index contributed by atoms with van der Waals surface area (Å²) >= 11 is 0. The molecular weight excluding hydrogens is 316 g/mol. The first-order valence-electron chi connectivity index (χ1n) is 9.37. The Morgan fingerprint density at radius 3 is 2.84 bits per heavy atom. The van der Waals surface area contributed by atoms with Crippen LogP contribution in [0.25, 0.3) is 10.9 Å². The van der Waals surface area contributed by atoms with Gasteiger partial charge in [-0.1, -0.05) is 18.2 Å². The molecule has 0 spiro atoms. The third-order valence-electron chi connectivity index (χ3n) is 5.90. The molecule has 1 saturated heterocycles. The molecule has 136 valence electrons. The highest BCUT2D eigenvalue weighted by molar-refractivity contribution is 5.85. The number of ether oxygens (including phenoxy) is 2. The number of rotatable bonds is 5. The van der Waals surface area contributed by atoms with E-state index in [1.807, 2.05) is 0 Å². The summed E-state index contributed by atoms with van der Waals surface area (Å²) in [6, 6.07) is 8.50. The Bertz CT molecular complexity index is 723. The summed E-state index contributed by atoms with van der Waals surface area (Å²) < 4.78 is 11.9. The first kappa shape index (κ1) is 17.0. The van der Waals surface area contributed by atoms with Gasteiger partial charge < -0.3 is 19.6 Å². The zero-order chi connectivity index (χ0) is 17.3. The molecule has 25 heavy (non-hydrogen) atoms. The number of nitrogens with zero attached hydrogens (tertiary/aromatic N) is 1. The first-order valence-corrected chi connectivity index (χ1v) is 9.37. The van der Waals surface area contributed by atoms with E-state index in [4.69, 9.17) is 9.47 Å². The highest BCUT2D eigenvalue weighted by Gasteiger charge is 2.43. The second kappa shape index (κ2) is 7.08. The summed E-state index contributed by atoms with van der Waals surface area (Å²) in [5.41, 5.74) is 3.37. The Morgan fingerprint density at radius 1 is 1.24 bits per heavy atom. The molecule has 0 amide bonds. The van der Waals surface area contributed by atoms with E-state index in [-0.39, 0.29) is 12.5 Å². The van der Waals surface area contributed by atoms with Crippen LogP contribution in [0.5, 0.6) is 0 Å². The van der Waals surface area contributed by atoms with Crippen LogP contribution in [0.2, 0.25) is 0 Å². The normalized spacial score (nSPS) is 25.8. The largest absolute Gasteiger partial charge is 0.396 e. The van der Waals surface area contributed by atoms with Gasteiger partial charge >= 0.3 is 0 Å².